The van der Waals surface area contributed by atoms with Crippen LogP contribution in [0.15, 0.2) is 18.2 Å². The summed E-state index contributed by atoms with van der Waals surface area (Å²) in [5.41, 5.74) is 7.08. The normalized spacial score (nSPS) is 10.9. The monoisotopic (exact) mass is 275 g/mol. The standard InChI is InChI=1S/C15H18FN3O/c1-8(2)14-18-13(17)10(4)15(19-14)20-11-6-5-9(3)12(16)7-11/h5-8H,1-4H3,(H2,17,18,19). The first-order valence-electron chi connectivity index (χ1n) is 6.46. The van der Waals surface area contributed by atoms with Gasteiger partial charge in [-0.15, -0.1) is 0 Å². The Labute approximate surface area is 117 Å². The summed E-state index contributed by atoms with van der Waals surface area (Å²) in [6.07, 6.45) is 0. The molecule has 0 atom stereocenters. The quantitative estimate of drug-likeness (QED) is 0.927. The third-order valence-electron chi connectivity index (χ3n) is 3.03. The molecule has 0 saturated heterocycles. The molecule has 2 aromatic rings. The van der Waals surface area contributed by atoms with Crippen molar-refractivity contribution < 1.29 is 9.13 Å². The number of nitrogen functional groups attached to an aromatic ring is 1. The fourth-order valence-corrected chi connectivity index (χ4v) is 1.64. The molecule has 0 unspecified atom stereocenters. The maximum Gasteiger partial charge on any atom is 0.227 e. The van der Waals surface area contributed by atoms with Crippen LogP contribution >= 0.6 is 0 Å². The van der Waals surface area contributed by atoms with E-state index in [4.69, 9.17) is 10.5 Å². The highest BCUT2D eigenvalue weighted by molar-refractivity contribution is 5.46. The van der Waals surface area contributed by atoms with Crippen molar-refractivity contribution in [1.29, 1.82) is 0 Å². The van der Waals surface area contributed by atoms with Gasteiger partial charge in [0.2, 0.25) is 5.88 Å². The Morgan fingerprint density at radius 2 is 1.90 bits per heavy atom. The fraction of sp³-hybridized carbons (Fsp3) is 0.333. The molecule has 0 spiro atoms. The molecule has 106 valence electrons. The summed E-state index contributed by atoms with van der Waals surface area (Å²) in [5, 5.41) is 0. The van der Waals surface area contributed by atoms with Crippen LogP contribution in [0.4, 0.5) is 10.2 Å². The number of hydrogen-bond donors (Lipinski definition) is 1. The van der Waals surface area contributed by atoms with Crippen LogP contribution in [0.1, 0.15) is 36.7 Å². The molecule has 0 fully saturated rings. The van der Waals surface area contributed by atoms with Gasteiger partial charge in [0.15, 0.2) is 0 Å². The van der Waals surface area contributed by atoms with Gasteiger partial charge in [0.25, 0.3) is 0 Å². The van der Waals surface area contributed by atoms with Crippen molar-refractivity contribution in [2.45, 2.75) is 33.6 Å². The Bertz CT molecular complexity index is 641. The minimum absolute atomic E-state index is 0.134. The number of hydrogen-bond acceptors (Lipinski definition) is 4. The Morgan fingerprint density at radius 1 is 1.20 bits per heavy atom. The van der Waals surface area contributed by atoms with Gasteiger partial charge in [-0.3, -0.25) is 0 Å². The van der Waals surface area contributed by atoms with Crippen molar-refractivity contribution in [1.82, 2.24) is 9.97 Å². The smallest absolute Gasteiger partial charge is 0.227 e. The predicted molar refractivity (Wildman–Crippen MR) is 76.5 cm³/mol. The number of halogens is 1. The van der Waals surface area contributed by atoms with Crippen LogP contribution in [0.3, 0.4) is 0 Å². The highest BCUT2D eigenvalue weighted by Gasteiger charge is 2.13. The minimum Gasteiger partial charge on any atom is -0.438 e. The predicted octanol–water partition coefficient (Wildman–Crippen LogP) is 3.73. The molecule has 0 bridgehead atoms. The molecule has 0 aliphatic rings. The molecule has 0 saturated carbocycles. The molecule has 0 aliphatic heterocycles. The summed E-state index contributed by atoms with van der Waals surface area (Å²) in [6.45, 7) is 7.42. The molecule has 20 heavy (non-hydrogen) atoms. The summed E-state index contributed by atoms with van der Waals surface area (Å²) >= 11 is 0. The van der Waals surface area contributed by atoms with Gasteiger partial charge in [0.1, 0.15) is 23.2 Å². The Kier molecular flexibility index (Phi) is 3.88. The van der Waals surface area contributed by atoms with E-state index in [9.17, 15) is 4.39 Å². The van der Waals surface area contributed by atoms with Crippen molar-refractivity contribution >= 4 is 5.82 Å². The number of benzene rings is 1. The van der Waals surface area contributed by atoms with E-state index in [0.717, 1.165) is 0 Å². The molecule has 1 aromatic carbocycles. The van der Waals surface area contributed by atoms with Crippen LogP contribution in [0.5, 0.6) is 11.6 Å². The summed E-state index contributed by atoms with van der Waals surface area (Å²) in [7, 11) is 0. The van der Waals surface area contributed by atoms with E-state index in [0.29, 0.717) is 34.4 Å². The lowest BCUT2D eigenvalue weighted by Gasteiger charge is -2.12. The molecule has 0 amide bonds. The number of nitrogens with two attached hydrogens (primary N) is 1. The Morgan fingerprint density at radius 3 is 2.50 bits per heavy atom. The fourth-order valence-electron chi connectivity index (χ4n) is 1.64. The van der Waals surface area contributed by atoms with Gasteiger partial charge in [0.05, 0.1) is 5.56 Å². The van der Waals surface area contributed by atoms with Crippen LogP contribution in [-0.4, -0.2) is 9.97 Å². The minimum atomic E-state index is -0.314. The van der Waals surface area contributed by atoms with Crippen molar-refractivity contribution in [3.63, 3.8) is 0 Å². The van der Waals surface area contributed by atoms with Gasteiger partial charge in [-0.05, 0) is 25.5 Å². The van der Waals surface area contributed by atoms with E-state index in [-0.39, 0.29) is 11.7 Å². The number of rotatable bonds is 3. The number of nitrogens with zero attached hydrogens (tertiary/aromatic N) is 2. The topological polar surface area (TPSA) is 61.0 Å². The third kappa shape index (κ3) is 2.87. The second kappa shape index (κ2) is 5.45. The maximum atomic E-state index is 13.5. The van der Waals surface area contributed by atoms with E-state index in [1.54, 1.807) is 26.0 Å². The lowest BCUT2D eigenvalue weighted by molar-refractivity contribution is 0.448. The first-order valence-corrected chi connectivity index (χ1v) is 6.46. The molecule has 2 N–H and O–H groups in total. The van der Waals surface area contributed by atoms with Crippen molar-refractivity contribution in [2.24, 2.45) is 0 Å². The maximum absolute atomic E-state index is 13.5. The molecule has 4 nitrogen and oxygen atoms in total. The zero-order valence-corrected chi connectivity index (χ0v) is 12.1. The van der Waals surface area contributed by atoms with Crippen LogP contribution in [0, 0.1) is 19.7 Å². The van der Waals surface area contributed by atoms with Crippen LogP contribution < -0.4 is 10.5 Å². The van der Waals surface area contributed by atoms with Crippen LogP contribution in [0.25, 0.3) is 0 Å². The summed E-state index contributed by atoms with van der Waals surface area (Å²) in [5.74, 6) is 1.57. The van der Waals surface area contributed by atoms with Gasteiger partial charge in [-0.25, -0.2) is 9.37 Å². The molecular weight excluding hydrogens is 257 g/mol. The van der Waals surface area contributed by atoms with Gasteiger partial charge in [-0.1, -0.05) is 19.9 Å². The second-order valence-electron chi connectivity index (χ2n) is 5.06. The lowest BCUT2D eigenvalue weighted by Crippen LogP contribution is -2.06. The zero-order chi connectivity index (χ0) is 14.9. The van der Waals surface area contributed by atoms with Crippen LogP contribution in [-0.2, 0) is 0 Å². The Hall–Kier alpha value is -2.17. The van der Waals surface area contributed by atoms with E-state index in [1.807, 2.05) is 13.8 Å². The average Bonchev–Trinajstić information content (AvgIpc) is 2.38. The van der Waals surface area contributed by atoms with Crippen molar-refractivity contribution in [3.05, 3.63) is 41.0 Å². The number of aromatic nitrogens is 2. The lowest BCUT2D eigenvalue weighted by atomic mass is 10.2. The number of aryl methyl sites for hydroxylation is 1. The number of ether oxygens (including phenoxy) is 1. The molecule has 1 aromatic heterocycles. The number of anilines is 1. The third-order valence-corrected chi connectivity index (χ3v) is 3.03. The molecule has 0 radical (unpaired) electrons. The molecule has 2 rings (SSSR count). The second-order valence-corrected chi connectivity index (χ2v) is 5.06. The van der Waals surface area contributed by atoms with E-state index in [1.165, 1.54) is 6.07 Å². The first kappa shape index (κ1) is 14.2. The summed E-state index contributed by atoms with van der Waals surface area (Å²) in [4.78, 5) is 8.56. The highest BCUT2D eigenvalue weighted by atomic mass is 19.1. The average molecular weight is 275 g/mol. The van der Waals surface area contributed by atoms with Gasteiger partial charge >= 0.3 is 0 Å². The SMILES string of the molecule is Cc1ccc(Oc2nc(C(C)C)nc(N)c2C)cc1F. The molecule has 0 aliphatic carbocycles. The molecular formula is C15H18FN3O. The molecule has 1 heterocycles. The van der Waals surface area contributed by atoms with Gasteiger partial charge < -0.3 is 10.5 Å². The van der Waals surface area contributed by atoms with Crippen molar-refractivity contribution in [3.8, 4) is 11.6 Å². The van der Waals surface area contributed by atoms with E-state index >= 15 is 0 Å². The van der Waals surface area contributed by atoms with Crippen LogP contribution in [0.2, 0.25) is 0 Å². The zero-order valence-electron chi connectivity index (χ0n) is 12.1. The Balaban J connectivity index is 2.39. The van der Waals surface area contributed by atoms with E-state index in [2.05, 4.69) is 9.97 Å². The van der Waals surface area contributed by atoms with Gasteiger partial charge in [0, 0.05) is 12.0 Å². The first-order chi connectivity index (χ1) is 9.38. The molecule has 5 heteroatoms. The summed E-state index contributed by atoms with van der Waals surface area (Å²) < 4.78 is 19.2. The highest BCUT2D eigenvalue weighted by Crippen LogP contribution is 2.28. The van der Waals surface area contributed by atoms with Gasteiger partial charge in [-0.2, -0.15) is 4.98 Å². The van der Waals surface area contributed by atoms with Crippen molar-refractivity contribution in [2.75, 3.05) is 5.73 Å². The van der Waals surface area contributed by atoms with E-state index < -0.39 is 0 Å². The largest absolute Gasteiger partial charge is 0.438 e. The summed E-state index contributed by atoms with van der Waals surface area (Å²) in [6, 6.07) is 4.70.